The topological polar surface area (TPSA) is 127 Å². The van der Waals surface area contributed by atoms with Gasteiger partial charge in [0.05, 0.1) is 36.0 Å². The van der Waals surface area contributed by atoms with Crippen molar-refractivity contribution in [2.24, 2.45) is 0 Å². The number of nitrogens with two attached hydrogens (primary N) is 1. The van der Waals surface area contributed by atoms with Crippen LogP contribution in [0.15, 0.2) is 41.8 Å². The van der Waals surface area contributed by atoms with Crippen LogP contribution in [0.3, 0.4) is 0 Å². The quantitative estimate of drug-likeness (QED) is 0.268. The molecule has 0 aliphatic heterocycles. The van der Waals surface area contributed by atoms with Crippen molar-refractivity contribution in [2.75, 3.05) is 20.0 Å². The highest BCUT2D eigenvalue weighted by Gasteiger charge is 2.18. The normalized spacial score (nSPS) is 10.4. The first-order chi connectivity index (χ1) is 13.9. The van der Waals surface area contributed by atoms with Gasteiger partial charge in [-0.3, -0.25) is 10.1 Å². The number of carbonyl (C=O) groups excluding carboxylic acids is 1. The summed E-state index contributed by atoms with van der Waals surface area (Å²) in [6, 6.07) is 9.22. The number of rotatable bonds is 7. The molecule has 10 heteroatoms. The second-order valence-corrected chi connectivity index (χ2v) is 6.65. The molecule has 0 atom stereocenters. The SMILES string of the molecule is COc1cccc(-c2nc(COC(=O)c3ccc(N)c([N+](=O)[O-])c3)cs2)c1OC. The van der Waals surface area contributed by atoms with Crippen LogP contribution in [0.4, 0.5) is 11.4 Å². The van der Waals surface area contributed by atoms with Crippen LogP contribution in [0.25, 0.3) is 10.6 Å². The van der Waals surface area contributed by atoms with E-state index in [9.17, 15) is 14.9 Å². The number of ether oxygens (including phenoxy) is 3. The molecule has 0 spiro atoms. The Hall–Kier alpha value is -3.66. The zero-order valence-corrected chi connectivity index (χ0v) is 16.4. The first-order valence-corrected chi connectivity index (χ1v) is 9.19. The van der Waals surface area contributed by atoms with Gasteiger partial charge in [-0.25, -0.2) is 9.78 Å². The van der Waals surface area contributed by atoms with Crippen LogP contribution >= 0.6 is 11.3 Å². The highest BCUT2D eigenvalue weighted by atomic mass is 32.1. The van der Waals surface area contributed by atoms with E-state index < -0.39 is 10.9 Å². The summed E-state index contributed by atoms with van der Waals surface area (Å²) >= 11 is 1.36. The molecule has 0 amide bonds. The lowest BCUT2D eigenvalue weighted by Gasteiger charge is -2.10. The summed E-state index contributed by atoms with van der Waals surface area (Å²) in [6.45, 7) is -0.0835. The number of methoxy groups -OCH3 is 2. The summed E-state index contributed by atoms with van der Waals surface area (Å²) in [7, 11) is 3.10. The number of esters is 1. The predicted molar refractivity (Wildman–Crippen MR) is 107 cm³/mol. The van der Waals surface area contributed by atoms with Crippen molar-refractivity contribution in [3.8, 4) is 22.1 Å². The number of aromatic nitrogens is 1. The van der Waals surface area contributed by atoms with Crippen molar-refractivity contribution >= 4 is 28.7 Å². The number of hydrogen-bond acceptors (Lipinski definition) is 9. The van der Waals surface area contributed by atoms with Gasteiger partial charge in [0.25, 0.3) is 5.69 Å². The molecule has 0 fully saturated rings. The molecule has 0 bridgehead atoms. The molecule has 0 unspecified atom stereocenters. The van der Waals surface area contributed by atoms with E-state index in [2.05, 4.69) is 4.98 Å². The largest absolute Gasteiger partial charge is 0.493 e. The lowest BCUT2D eigenvalue weighted by Crippen LogP contribution is -2.07. The number of nitro groups is 1. The molecule has 0 saturated heterocycles. The monoisotopic (exact) mass is 415 g/mol. The first kappa shape index (κ1) is 20.1. The first-order valence-electron chi connectivity index (χ1n) is 8.31. The third kappa shape index (κ3) is 4.27. The average molecular weight is 415 g/mol. The Bertz CT molecular complexity index is 1070. The number of nitrogens with zero attached hydrogens (tertiary/aromatic N) is 2. The molecule has 2 N–H and O–H groups in total. The Kier molecular flexibility index (Phi) is 5.93. The number of carbonyl (C=O) groups is 1. The van der Waals surface area contributed by atoms with Gasteiger partial charge in [-0.2, -0.15) is 0 Å². The lowest BCUT2D eigenvalue weighted by molar-refractivity contribution is -0.383. The molecule has 1 heterocycles. The Morgan fingerprint density at radius 1 is 1.24 bits per heavy atom. The Morgan fingerprint density at radius 3 is 2.72 bits per heavy atom. The number of benzene rings is 2. The van der Waals surface area contributed by atoms with E-state index in [0.717, 1.165) is 11.6 Å². The second kappa shape index (κ2) is 8.57. The van der Waals surface area contributed by atoms with Crippen molar-refractivity contribution in [3.05, 3.63) is 63.1 Å². The summed E-state index contributed by atoms with van der Waals surface area (Å²) in [5, 5.41) is 13.4. The van der Waals surface area contributed by atoms with Crippen molar-refractivity contribution in [1.29, 1.82) is 0 Å². The number of nitrogen functional groups attached to an aromatic ring is 1. The van der Waals surface area contributed by atoms with Crippen LogP contribution in [0, 0.1) is 10.1 Å². The second-order valence-electron chi connectivity index (χ2n) is 5.79. The zero-order chi connectivity index (χ0) is 21.0. The van der Waals surface area contributed by atoms with Crippen LogP contribution < -0.4 is 15.2 Å². The number of thiazole rings is 1. The minimum Gasteiger partial charge on any atom is -0.493 e. The van der Waals surface area contributed by atoms with Crippen molar-refractivity contribution in [1.82, 2.24) is 4.98 Å². The summed E-state index contributed by atoms with van der Waals surface area (Å²) in [6.07, 6.45) is 0. The maximum Gasteiger partial charge on any atom is 0.338 e. The van der Waals surface area contributed by atoms with Gasteiger partial charge in [-0.1, -0.05) is 6.07 Å². The summed E-state index contributed by atoms with van der Waals surface area (Å²) < 4.78 is 15.9. The fraction of sp³-hybridized carbons (Fsp3) is 0.158. The van der Waals surface area contributed by atoms with E-state index >= 15 is 0 Å². The van der Waals surface area contributed by atoms with Gasteiger partial charge in [0.2, 0.25) is 0 Å². The van der Waals surface area contributed by atoms with Gasteiger partial charge in [-0.05, 0) is 24.3 Å². The minimum atomic E-state index is -0.707. The fourth-order valence-corrected chi connectivity index (χ4v) is 3.43. The predicted octanol–water partition coefficient (Wildman–Crippen LogP) is 3.67. The van der Waals surface area contributed by atoms with E-state index in [1.807, 2.05) is 12.1 Å². The van der Waals surface area contributed by atoms with Crippen LogP contribution in [-0.4, -0.2) is 30.1 Å². The van der Waals surface area contributed by atoms with E-state index in [-0.39, 0.29) is 23.5 Å². The summed E-state index contributed by atoms with van der Waals surface area (Å²) in [5.41, 5.74) is 6.49. The molecule has 1 aromatic heterocycles. The maximum atomic E-state index is 12.2. The van der Waals surface area contributed by atoms with E-state index in [0.29, 0.717) is 22.2 Å². The molecule has 150 valence electrons. The molecule has 3 rings (SSSR count). The van der Waals surface area contributed by atoms with Crippen LogP contribution in [-0.2, 0) is 11.3 Å². The lowest BCUT2D eigenvalue weighted by atomic mass is 10.2. The molecule has 29 heavy (non-hydrogen) atoms. The van der Waals surface area contributed by atoms with Crippen LogP contribution in [0.2, 0.25) is 0 Å². The fourth-order valence-electron chi connectivity index (χ4n) is 2.60. The standard InChI is InChI=1S/C19H17N3O6S/c1-26-16-5-3-4-13(17(16)27-2)18-21-12(10-29-18)9-28-19(23)11-6-7-14(20)15(8-11)22(24)25/h3-8,10H,9,20H2,1-2H3. The molecule has 9 nitrogen and oxygen atoms in total. The van der Waals surface area contributed by atoms with Gasteiger partial charge >= 0.3 is 5.97 Å². The third-order valence-corrected chi connectivity index (χ3v) is 4.92. The minimum absolute atomic E-state index is 0.0251. The molecule has 0 aliphatic carbocycles. The number of para-hydroxylation sites is 1. The smallest absolute Gasteiger partial charge is 0.338 e. The van der Waals surface area contributed by atoms with E-state index in [1.54, 1.807) is 25.7 Å². The highest BCUT2D eigenvalue weighted by Crippen LogP contribution is 2.39. The molecule has 2 aromatic carbocycles. The van der Waals surface area contributed by atoms with E-state index in [1.165, 1.54) is 23.5 Å². The number of anilines is 1. The van der Waals surface area contributed by atoms with Crippen molar-refractivity contribution in [3.63, 3.8) is 0 Å². The van der Waals surface area contributed by atoms with Gasteiger partial charge in [0.1, 0.15) is 17.3 Å². The Labute approximate surface area is 169 Å². The third-order valence-electron chi connectivity index (χ3n) is 4.00. The average Bonchev–Trinajstić information content (AvgIpc) is 3.20. The Balaban J connectivity index is 1.74. The van der Waals surface area contributed by atoms with Crippen molar-refractivity contribution < 1.29 is 23.9 Å². The van der Waals surface area contributed by atoms with Gasteiger partial charge in [-0.15, -0.1) is 11.3 Å². The highest BCUT2D eigenvalue weighted by molar-refractivity contribution is 7.13. The zero-order valence-electron chi connectivity index (χ0n) is 15.6. The maximum absolute atomic E-state index is 12.2. The summed E-state index contributed by atoms with van der Waals surface area (Å²) in [4.78, 5) is 27.0. The van der Waals surface area contributed by atoms with E-state index in [4.69, 9.17) is 19.9 Å². The van der Waals surface area contributed by atoms with Crippen molar-refractivity contribution in [2.45, 2.75) is 6.61 Å². The molecule has 3 aromatic rings. The van der Waals surface area contributed by atoms with Gasteiger partial charge in [0, 0.05) is 11.4 Å². The van der Waals surface area contributed by atoms with Gasteiger partial charge < -0.3 is 19.9 Å². The molecule has 0 aliphatic rings. The molecular weight excluding hydrogens is 398 g/mol. The number of nitro benzene ring substituents is 1. The van der Waals surface area contributed by atoms with Gasteiger partial charge in [0.15, 0.2) is 11.5 Å². The van der Waals surface area contributed by atoms with Crippen LogP contribution in [0.1, 0.15) is 16.1 Å². The number of hydrogen-bond donors (Lipinski definition) is 1. The van der Waals surface area contributed by atoms with Crippen LogP contribution in [0.5, 0.6) is 11.5 Å². The molecule has 0 saturated carbocycles. The Morgan fingerprint density at radius 2 is 2.03 bits per heavy atom. The summed E-state index contributed by atoms with van der Waals surface area (Å²) in [5.74, 6) is 0.432. The molecular formula is C19H17N3O6S. The molecule has 0 radical (unpaired) electrons.